The van der Waals surface area contributed by atoms with E-state index in [1.165, 1.54) is 0 Å². The molecule has 0 aliphatic rings. The molecule has 0 unspecified atom stereocenters. The average molecular weight is 265 g/mol. The molecule has 2 N–H and O–H groups in total. The Kier molecular flexibility index (Phi) is 4.66. The fourth-order valence-electron chi connectivity index (χ4n) is 1.46. The van der Waals surface area contributed by atoms with Crippen LogP contribution in [0.1, 0.15) is 22.3 Å². The quantitative estimate of drug-likeness (QED) is 0.514. The summed E-state index contributed by atoms with van der Waals surface area (Å²) in [5.41, 5.74) is 3.01. The number of hydrogen-bond acceptors (Lipinski definition) is 3. The van der Waals surface area contributed by atoms with Crippen molar-refractivity contribution in [1.82, 2.24) is 0 Å². The first-order valence-electron chi connectivity index (χ1n) is 5.08. The van der Waals surface area contributed by atoms with Crippen LogP contribution >= 0.6 is 0 Å². The number of carbonyl (C=O) groups is 1. The normalized spacial score (nSPS) is 10.6. The first-order chi connectivity index (χ1) is 8.45. The van der Waals surface area contributed by atoms with Crippen molar-refractivity contribution in [2.24, 2.45) is 5.73 Å². The van der Waals surface area contributed by atoms with E-state index in [1.807, 2.05) is 0 Å². The molecule has 1 rings (SSSR count). The number of esters is 1. The SMILES string of the molecule is COC(=O)c1c(F)c(F)c(CCCN)c(F)c1F. The van der Waals surface area contributed by atoms with Gasteiger partial charge in [-0.2, -0.15) is 0 Å². The summed E-state index contributed by atoms with van der Waals surface area (Å²) in [6.45, 7) is 0.112. The van der Waals surface area contributed by atoms with Crippen LogP contribution < -0.4 is 5.73 Å². The van der Waals surface area contributed by atoms with Crippen LogP contribution in [0.2, 0.25) is 0 Å². The Bertz CT molecular complexity index is 448. The zero-order valence-electron chi connectivity index (χ0n) is 9.53. The summed E-state index contributed by atoms with van der Waals surface area (Å²) >= 11 is 0. The van der Waals surface area contributed by atoms with Gasteiger partial charge in [0.1, 0.15) is 5.56 Å². The lowest BCUT2D eigenvalue weighted by atomic mass is 10.0. The van der Waals surface area contributed by atoms with Gasteiger partial charge < -0.3 is 10.5 Å². The molecule has 18 heavy (non-hydrogen) atoms. The van der Waals surface area contributed by atoms with Crippen LogP contribution in [0.4, 0.5) is 17.6 Å². The van der Waals surface area contributed by atoms with Crippen molar-refractivity contribution in [2.75, 3.05) is 13.7 Å². The molecule has 100 valence electrons. The lowest BCUT2D eigenvalue weighted by Gasteiger charge is -2.10. The Balaban J connectivity index is 3.40. The first-order valence-corrected chi connectivity index (χ1v) is 5.08. The molecule has 0 aliphatic carbocycles. The van der Waals surface area contributed by atoms with Gasteiger partial charge in [0.25, 0.3) is 0 Å². The summed E-state index contributed by atoms with van der Waals surface area (Å²) in [5, 5.41) is 0. The number of hydrogen-bond donors (Lipinski definition) is 1. The largest absolute Gasteiger partial charge is 0.465 e. The zero-order chi connectivity index (χ0) is 13.9. The molecule has 0 aliphatic heterocycles. The highest BCUT2D eigenvalue weighted by Crippen LogP contribution is 2.25. The van der Waals surface area contributed by atoms with Gasteiger partial charge in [-0.05, 0) is 19.4 Å². The summed E-state index contributed by atoms with van der Waals surface area (Å²) in [6, 6.07) is 0. The van der Waals surface area contributed by atoms with E-state index >= 15 is 0 Å². The number of nitrogens with two attached hydrogens (primary N) is 1. The van der Waals surface area contributed by atoms with E-state index < -0.39 is 40.4 Å². The number of carbonyl (C=O) groups excluding carboxylic acids is 1. The molecule has 0 amide bonds. The van der Waals surface area contributed by atoms with Crippen LogP contribution in [0.15, 0.2) is 0 Å². The summed E-state index contributed by atoms with van der Waals surface area (Å²) in [4.78, 5) is 11.0. The Morgan fingerprint density at radius 3 is 2.00 bits per heavy atom. The van der Waals surface area contributed by atoms with E-state index in [4.69, 9.17) is 5.73 Å². The molecule has 1 aromatic carbocycles. The van der Waals surface area contributed by atoms with Gasteiger partial charge in [-0.1, -0.05) is 0 Å². The molecule has 0 saturated heterocycles. The van der Waals surface area contributed by atoms with Crippen LogP contribution in [0.5, 0.6) is 0 Å². The van der Waals surface area contributed by atoms with Crippen molar-refractivity contribution in [3.8, 4) is 0 Å². The van der Waals surface area contributed by atoms with Crippen LogP contribution in [0.3, 0.4) is 0 Å². The second kappa shape index (κ2) is 5.81. The van der Waals surface area contributed by atoms with Crippen molar-refractivity contribution in [1.29, 1.82) is 0 Å². The van der Waals surface area contributed by atoms with E-state index in [2.05, 4.69) is 4.74 Å². The van der Waals surface area contributed by atoms with Crippen molar-refractivity contribution in [3.05, 3.63) is 34.4 Å². The average Bonchev–Trinajstić information content (AvgIpc) is 2.36. The van der Waals surface area contributed by atoms with Gasteiger partial charge in [-0.15, -0.1) is 0 Å². The van der Waals surface area contributed by atoms with Gasteiger partial charge in [0.05, 0.1) is 7.11 Å². The first kappa shape index (κ1) is 14.4. The highest BCUT2D eigenvalue weighted by Gasteiger charge is 2.29. The molecule has 7 heteroatoms. The van der Waals surface area contributed by atoms with Crippen molar-refractivity contribution in [3.63, 3.8) is 0 Å². The van der Waals surface area contributed by atoms with Crippen molar-refractivity contribution >= 4 is 5.97 Å². The second-order valence-corrected chi connectivity index (χ2v) is 3.49. The van der Waals surface area contributed by atoms with E-state index in [-0.39, 0.29) is 19.4 Å². The van der Waals surface area contributed by atoms with Gasteiger partial charge >= 0.3 is 5.97 Å². The topological polar surface area (TPSA) is 52.3 Å². The highest BCUT2D eigenvalue weighted by atomic mass is 19.2. The Morgan fingerprint density at radius 1 is 1.11 bits per heavy atom. The monoisotopic (exact) mass is 265 g/mol. The number of methoxy groups -OCH3 is 1. The third-order valence-corrected chi connectivity index (χ3v) is 2.37. The molecule has 0 spiro atoms. The molecule has 0 bridgehead atoms. The molecular formula is C11H11F4NO2. The minimum absolute atomic E-state index is 0.112. The maximum absolute atomic E-state index is 13.5. The molecule has 0 radical (unpaired) electrons. The van der Waals surface area contributed by atoms with E-state index in [0.717, 1.165) is 7.11 Å². The fraction of sp³-hybridized carbons (Fsp3) is 0.364. The number of benzene rings is 1. The summed E-state index contributed by atoms with van der Waals surface area (Å²) in [6.07, 6.45) is -0.103. The molecular weight excluding hydrogens is 254 g/mol. The van der Waals surface area contributed by atoms with Crippen LogP contribution in [0.25, 0.3) is 0 Å². The second-order valence-electron chi connectivity index (χ2n) is 3.49. The Hall–Kier alpha value is -1.63. The summed E-state index contributed by atoms with van der Waals surface area (Å²) in [5.74, 6) is -8.18. The molecule has 3 nitrogen and oxygen atoms in total. The van der Waals surface area contributed by atoms with Crippen molar-refractivity contribution in [2.45, 2.75) is 12.8 Å². The zero-order valence-corrected chi connectivity index (χ0v) is 9.53. The highest BCUT2D eigenvalue weighted by molar-refractivity contribution is 5.90. The Morgan fingerprint density at radius 2 is 1.61 bits per heavy atom. The minimum atomic E-state index is -1.76. The Labute approximate surface area is 101 Å². The lowest BCUT2D eigenvalue weighted by Crippen LogP contribution is -2.15. The molecule has 0 saturated carbocycles. The number of rotatable bonds is 4. The minimum Gasteiger partial charge on any atom is -0.465 e. The molecule has 0 atom stereocenters. The van der Waals surface area contributed by atoms with Gasteiger partial charge in [0, 0.05) is 5.56 Å². The van der Waals surface area contributed by atoms with Gasteiger partial charge in [-0.25, -0.2) is 22.4 Å². The fourth-order valence-corrected chi connectivity index (χ4v) is 1.46. The summed E-state index contributed by atoms with van der Waals surface area (Å²) < 4.78 is 58.0. The van der Waals surface area contributed by atoms with Crippen LogP contribution in [-0.4, -0.2) is 19.6 Å². The molecule has 0 fully saturated rings. The lowest BCUT2D eigenvalue weighted by molar-refractivity contribution is 0.0586. The van der Waals surface area contributed by atoms with E-state index in [1.54, 1.807) is 0 Å². The van der Waals surface area contributed by atoms with Gasteiger partial charge in [-0.3, -0.25) is 0 Å². The van der Waals surface area contributed by atoms with Crippen LogP contribution in [-0.2, 0) is 11.2 Å². The van der Waals surface area contributed by atoms with E-state index in [9.17, 15) is 22.4 Å². The van der Waals surface area contributed by atoms with Crippen LogP contribution in [0, 0.1) is 23.3 Å². The third-order valence-electron chi connectivity index (χ3n) is 2.37. The third kappa shape index (κ3) is 2.45. The van der Waals surface area contributed by atoms with E-state index in [0.29, 0.717) is 0 Å². The molecule has 1 aromatic rings. The maximum Gasteiger partial charge on any atom is 0.344 e. The van der Waals surface area contributed by atoms with Gasteiger partial charge in [0.15, 0.2) is 23.3 Å². The molecule has 0 heterocycles. The number of halogens is 4. The number of ether oxygens (including phenoxy) is 1. The summed E-state index contributed by atoms with van der Waals surface area (Å²) in [7, 11) is 0.847. The maximum atomic E-state index is 13.5. The van der Waals surface area contributed by atoms with Crippen molar-refractivity contribution < 1.29 is 27.1 Å². The smallest absolute Gasteiger partial charge is 0.344 e. The van der Waals surface area contributed by atoms with Gasteiger partial charge in [0.2, 0.25) is 0 Å². The standard InChI is InChI=1S/C11H11F4NO2/c1-18-11(17)6-9(14)7(12)5(3-2-4-16)8(13)10(6)15/h2-4,16H2,1H3. The molecule has 0 aromatic heterocycles. The predicted molar refractivity (Wildman–Crippen MR) is 55.0 cm³/mol. The predicted octanol–water partition coefficient (Wildman–Crippen LogP) is 1.92.